The van der Waals surface area contributed by atoms with Crippen LogP contribution >= 0.6 is 12.6 Å². The van der Waals surface area contributed by atoms with Crippen molar-refractivity contribution in [3.63, 3.8) is 0 Å². The summed E-state index contributed by atoms with van der Waals surface area (Å²) in [6, 6.07) is 27.6. The van der Waals surface area contributed by atoms with Crippen LogP contribution in [-0.2, 0) is 11.3 Å². The maximum absolute atomic E-state index is 6.45. The van der Waals surface area contributed by atoms with Gasteiger partial charge in [-0.2, -0.15) is 0 Å². The fourth-order valence-electron chi connectivity index (χ4n) is 3.85. The average Bonchev–Trinajstić information content (AvgIpc) is 2.74. The second kappa shape index (κ2) is 8.75. The average molecular weight is 376 g/mol. The lowest BCUT2D eigenvalue weighted by molar-refractivity contribution is 0.0108. The molecule has 1 heterocycles. The molecule has 27 heavy (non-hydrogen) atoms. The van der Waals surface area contributed by atoms with Crippen molar-refractivity contribution in [3.05, 3.63) is 90.0 Å². The minimum atomic E-state index is 0.174. The molecule has 1 aliphatic heterocycles. The van der Waals surface area contributed by atoms with Gasteiger partial charge in [0.25, 0.3) is 0 Å². The molecule has 2 unspecified atom stereocenters. The highest BCUT2D eigenvalue weighted by molar-refractivity contribution is 7.80. The van der Waals surface area contributed by atoms with Crippen molar-refractivity contribution < 1.29 is 4.74 Å². The van der Waals surface area contributed by atoms with Gasteiger partial charge in [0.2, 0.25) is 0 Å². The second-order valence-corrected chi connectivity index (χ2v) is 7.58. The van der Waals surface area contributed by atoms with Crippen LogP contribution in [0.25, 0.3) is 11.1 Å². The molecule has 1 fully saturated rings. The van der Waals surface area contributed by atoms with E-state index in [2.05, 4.69) is 96.8 Å². The summed E-state index contributed by atoms with van der Waals surface area (Å²) in [6.45, 7) is 2.55. The smallest absolute Gasteiger partial charge is 0.0772 e. The van der Waals surface area contributed by atoms with Crippen molar-refractivity contribution in [3.8, 4) is 11.1 Å². The van der Waals surface area contributed by atoms with Crippen LogP contribution in [0.4, 0.5) is 0 Å². The molecule has 0 radical (unpaired) electrons. The van der Waals surface area contributed by atoms with E-state index in [0.717, 1.165) is 24.4 Å². The minimum Gasteiger partial charge on any atom is -0.372 e. The summed E-state index contributed by atoms with van der Waals surface area (Å²) >= 11 is 4.41. The summed E-state index contributed by atoms with van der Waals surface area (Å²) < 4.78 is 6.45. The van der Waals surface area contributed by atoms with E-state index in [1.54, 1.807) is 0 Å². The molecule has 0 amide bonds. The Hall–Kier alpha value is -2.07. The predicted octanol–water partition coefficient (Wildman–Crippen LogP) is 5.30. The van der Waals surface area contributed by atoms with Crippen molar-refractivity contribution in [2.75, 3.05) is 13.1 Å². The first-order chi connectivity index (χ1) is 13.3. The maximum atomic E-state index is 6.45. The van der Waals surface area contributed by atoms with Crippen molar-refractivity contribution in [1.82, 2.24) is 5.32 Å². The number of benzene rings is 3. The molecule has 2 nitrogen and oxygen atoms in total. The van der Waals surface area contributed by atoms with Gasteiger partial charge in [-0.15, -0.1) is 12.6 Å². The van der Waals surface area contributed by atoms with Gasteiger partial charge in [-0.05, 0) is 47.4 Å². The summed E-state index contributed by atoms with van der Waals surface area (Å²) in [5, 5.41) is 3.49. The molecule has 0 aromatic heterocycles. The Morgan fingerprint density at radius 2 is 1.63 bits per heavy atom. The summed E-state index contributed by atoms with van der Waals surface area (Å²) in [6.07, 6.45) is 1.27. The van der Waals surface area contributed by atoms with Crippen LogP contribution in [0.3, 0.4) is 0 Å². The molecule has 0 bridgehead atoms. The third-order valence-electron chi connectivity index (χ3n) is 5.30. The lowest BCUT2D eigenvalue weighted by atomic mass is 9.87. The van der Waals surface area contributed by atoms with E-state index >= 15 is 0 Å². The number of hydrogen-bond donors (Lipinski definition) is 2. The van der Waals surface area contributed by atoms with Gasteiger partial charge in [-0.3, -0.25) is 0 Å². The standard InChI is InChI=1S/C24H25NOS/c27-21-12-10-19(11-13-21)23-14-15-25-16-24(23)26-17-20-8-4-5-9-22(20)18-6-2-1-3-7-18/h1-13,23-25,27H,14-17H2. The second-order valence-electron chi connectivity index (χ2n) is 7.06. The zero-order chi connectivity index (χ0) is 18.5. The van der Waals surface area contributed by atoms with Gasteiger partial charge in [0.15, 0.2) is 0 Å². The summed E-state index contributed by atoms with van der Waals surface area (Å²) in [5.74, 6) is 0.420. The van der Waals surface area contributed by atoms with Crippen LogP contribution in [0, 0.1) is 0 Å². The minimum absolute atomic E-state index is 0.174. The molecule has 0 spiro atoms. The third kappa shape index (κ3) is 4.44. The van der Waals surface area contributed by atoms with Gasteiger partial charge in [0.05, 0.1) is 12.7 Å². The Balaban J connectivity index is 1.51. The fraction of sp³-hybridized carbons (Fsp3) is 0.250. The number of rotatable bonds is 5. The molecular formula is C24H25NOS. The van der Waals surface area contributed by atoms with Crippen molar-refractivity contribution in [2.45, 2.75) is 29.9 Å². The van der Waals surface area contributed by atoms with Gasteiger partial charge >= 0.3 is 0 Å². The van der Waals surface area contributed by atoms with E-state index < -0.39 is 0 Å². The molecule has 1 saturated heterocycles. The zero-order valence-electron chi connectivity index (χ0n) is 15.3. The van der Waals surface area contributed by atoms with Crippen LogP contribution in [0.15, 0.2) is 83.8 Å². The molecule has 2 atom stereocenters. The lowest BCUT2D eigenvalue weighted by Crippen LogP contribution is -2.41. The van der Waals surface area contributed by atoms with E-state index in [4.69, 9.17) is 4.74 Å². The molecule has 1 N–H and O–H groups in total. The number of ether oxygens (including phenoxy) is 1. The van der Waals surface area contributed by atoms with E-state index in [-0.39, 0.29) is 6.10 Å². The number of hydrogen-bond acceptors (Lipinski definition) is 3. The monoisotopic (exact) mass is 375 g/mol. The quantitative estimate of drug-likeness (QED) is 0.590. The van der Waals surface area contributed by atoms with Crippen LogP contribution in [0.1, 0.15) is 23.5 Å². The van der Waals surface area contributed by atoms with Gasteiger partial charge < -0.3 is 10.1 Å². The molecule has 3 aromatic carbocycles. The SMILES string of the molecule is Sc1ccc(C2CCNCC2OCc2ccccc2-c2ccccc2)cc1. The molecule has 138 valence electrons. The van der Waals surface area contributed by atoms with Crippen molar-refractivity contribution in [2.24, 2.45) is 0 Å². The van der Waals surface area contributed by atoms with Crippen LogP contribution in [0.2, 0.25) is 0 Å². The molecule has 0 saturated carbocycles. The van der Waals surface area contributed by atoms with Crippen molar-refractivity contribution >= 4 is 12.6 Å². The fourth-order valence-corrected chi connectivity index (χ4v) is 4.00. The van der Waals surface area contributed by atoms with Crippen LogP contribution in [-0.4, -0.2) is 19.2 Å². The summed E-state index contributed by atoms with van der Waals surface area (Å²) in [4.78, 5) is 1.00. The normalized spacial score (nSPS) is 19.7. The van der Waals surface area contributed by atoms with Gasteiger partial charge in [-0.1, -0.05) is 66.7 Å². The highest BCUT2D eigenvalue weighted by Crippen LogP contribution is 2.30. The van der Waals surface area contributed by atoms with E-state index in [1.807, 2.05) is 0 Å². The number of thiol groups is 1. The van der Waals surface area contributed by atoms with Gasteiger partial charge in [0.1, 0.15) is 0 Å². The first kappa shape index (κ1) is 18.3. The highest BCUT2D eigenvalue weighted by Gasteiger charge is 2.27. The largest absolute Gasteiger partial charge is 0.372 e. The topological polar surface area (TPSA) is 21.3 Å². The van der Waals surface area contributed by atoms with Gasteiger partial charge in [-0.25, -0.2) is 0 Å². The Kier molecular flexibility index (Phi) is 5.93. The number of piperidine rings is 1. The van der Waals surface area contributed by atoms with Crippen molar-refractivity contribution in [1.29, 1.82) is 0 Å². The van der Waals surface area contributed by atoms with Gasteiger partial charge in [0, 0.05) is 17.4 Å². The third-order valence-corrected chi connectivity index (χ3v) is 5.60. The first-order valence-corrected chi connectivity index (χ1v) is 10.0. The highest BCUT2D eigenvalue weighted by atomic mass is 32.1. The van der Waals surface area contributed by atoms with Crippen LogP contribution < -0.4 is 5.32 Å². The van der Waals surface area contributed by atoms with E-state index in [0.29, 0.717) is 12.5 Å². The van der Waals surface area contributed by atoms with Crippen LogP contribution in [0.5, 0.6) is 0 Å². The Morgan fingerprint density at radius 3 is 2.44 bits per heavy atom. The Bertz CT molecular complexity index is 863. The van der Waals surface area contributed by atoms with E-state index in [9.17, 15) is 0 Å². The molecule has 3 aromatic rings. The molecule has 1 aliphatic rings. The lowest BCUT2D eigenvalue weighted by Gasteiger charge is -2.32. The maximum Gasteiger partial charge on any atom is 0.0772 e. The Labute approximate surface area is 167 Å². The number of nitrogens with one attached hydrogen (secondary N) is 1. The molecule has 4 rings (SSSR count). The molecule has 3 heteroatoms. The van der Waals surface area contributed by atoms with E-state index in [1.165, 1.54) is 22.3 Å². The molecule has 0 aliphatic carbocycles. The molecular weight excluding hydrogens is 350 g/mol. The predicted molar refractivity (Wildman–Crippen MR) is 114 cm³/mol. The summed E-state index contributed by atoms with van der Waals surface area (Å²) in [5.41, 5.74) is 5.06. The first-order valence-electron chi connectivity index (χ1n) is 9.56. The Morgan fingerprint density at radius 1 is 0.889 bits per heavy atom. The summed E-state index contributed by atoms with van der Waals surface area (Å²) in [7, 11) is 0. The zero-order valence-corrected chi connectivity index (χ0v) is 16.2.